The van der Waals surface area contributed by atoms with E-state index in [1.54, 1.807) is 0 Å². The van der Waals surface area contributed by atoms with E-state index in [0.717, 1.165) is 0 Å². The van der Waals surface area contributed by atoms with Gasteiger partial charge in [0.25, 0.3) is 0 Å². The van der Waals surface area contributed by atoms with Gasteiger partial charge in [-0.25, -0.2) is 4.39 Å². The Bertz CT molecular complexity index is 123. The summed E-state index contributed by atoms with van der Waals surface area (Å²) in [4.78, 5) is 0. The first kappa shape index (κ1) is 7.56. The van der Waals surface area contributed by atoms with Gasteiger partial charge in [0.05, 0.1) is 0 Å². The second-order valence-electron chi connectivity index (χ2n) is 0.901. The average Bonchev–Trinajstić information content (AvgIpc) is 1.67. The number of halogens is 4. The van der Waals surface area contributed by atoms with E-state index in [-0.39, 0.29) is 0 Å². The number of allylic oxidation sites excluding steroid dienone is 2. The zero-order valence-corrected chi connectivity index (χ0v) is 4.42. The molecule has 0 nitrogen and oxygen atoms in total. The molecule has 0 rings (SSSR count). The Morgan fingerprint density at radius 3 is 1.88 bits per heavy atom. The van der Waals surface area contributed by atoms with E-state index in [2.05, 4.69) is 0 Å². The minimum Gasteiger partial charge on any atom is -0.201 e. The van der Waals surface area contributed by atoms with Crippen LogP contribution in [0.15, 0.2) is 23.5 Å². The molecule has 0 N–H and O–H groups in total. The zero-order valence-electron chi connectivity index (χ0n) is 3.67. The highest BCUT2D eigenvalue weighted by atomic mass is 35.5. The summed E-state index contributed by atoms with van der Waals surface area (Å²) in [6.07, 6.45) is -1.89. The van der Waals surface area contributed by atoms with E-state index in [9.17, 15) is 13.2 Å². The number of hydrogen-bond donors (Lipinski definition) is 0. The largest absolute Gasteiger partial charge is 0.305 e. The molecule has 0 aliphatic heterocycles. The van der Waals surface area contributed by atoms with Gasteiger partial charge in [0, 0.05) is 5.54 Å². The van der Waals surface area contributed by atoms with Gasteiger partial charge in [-0.15, -0.1) is 0 Å². The Kier molecular flexibility index (Phi) is 3.35. The SMILES string of the molecule is FC(F)=C(F)C=CCl. The van der Waals surface area contributed by atoms with E-state index >= 15 is 0 Å². The third-order valence-corrected chi connectivity index (χ3v) is 0.516. The van der Waals surface area contributed by atoms with Gasteiger partial charge in [0.1, 0.15) is 0 Å². The van der Waals surface area contributed by atoms with Gasteiger partial charge in [-0.05, 0) is 6.08 Å². The molecule has 0 aliphatic rings. The van der Waals surface area contributed by atoms with Gasteiger partial charge in [-0.2, -0.15) is 8.78 Å². The molecule has 0 spiro atoms. The average molecular weight is 143 g/mol. The Morgan fingerprint density at radius 1 is 1.25 bits per heavy atom. The molecule has 0 amide bonds. The van der Waals surface area contributed by atoms with Gasteiger partial charge >= 0.3 is 6.08 Å². The Morgan fingerprint density at radius 2 is 1.75 bits per heavy atom. The molecule has 8 heavy (non-hydrogen) atoms. The van der Waals surface area contributed by atoms with Crippen LogP contribution >= 0.6 is 11.6 Å². The quantitative estimate of drug-likeness (QED) is 0.494. The fourth-order valence-electron chi connectivity index (χ4n) is 0.118. The molecule has 0 fully saturated rings. The van der Waals surface area contributed by atoms with E-state index in [1.165, 1.54) is 0 Å². The lowest BCUT2D eigenvalue weighted by atomic mass is 10.6. The van der Waals surface area contributed by atoms with Crippen molar-refractivity contribution in [2.24, 2.45) is 0 Å². The summed E-state index contributed by atoms with van der Waals surface area (Å²) in [6, 6.07) is 0. The molecule has 0 unspecified atom stereocenters. The molecular formula is C4H2ClF3. The topological polar surface area (TPSA) is 0 Å². The molecule has 46 valence electrons. The summed E-state index contributed by atoms with van der Waals surface area (Å²) in [5.74, 6) is -1.60. The van der Waals surface area contributed by atoms with Gasteiger partial charge in [-0.1, -0.05) is 11.6 Å². The van der Waals surface area contributed by atoms with Crippen molar-refractivity contribution in [2.45, 2.75) is 0 Å². The molecule has 0 radical (unpaired) electrons. The molecule has 4 heteroatoms. The lowest BCUT2D eigenvalue weighted by Crippen LogP contribution is -1.64. The molecule has 0 aliphatic carbocycles. The smallest absolute Gasteiger partial charge is 0.201 e. The van der Waals surface area contributed by atoms with Gasteiger partial charge in [-0.3, -0.25) is 0 Å². The predicted octanol–water partition coefficient (Wildman–Crippen LogP) is 2.82. The second kappa shape index (κ2) is 3.55. The molecule has 0 aromatic carbocycles. The summed E-state index contributed by atoms with van der Waals surface area (Å²) in [6.45, 7) is 0. The molecule has 0 heterocycles. The van der Waals surface area contributed by atoms with Crippen LogP contribution in [-0.4, -0.2) is 0 Å². The molecule has 0 atom stereocenters. The predicted molar refractivity (Wildman–Crippen MR) is 25.3 cm³/mol. The molecule has 0 saturated carbocycles. The Labute approximate surface area is 49.3 Å². The van der Waals surface area contributed by atoms with Crippen LogP contribution in [0.3, 0.4) is 0 Å². The normalized spacial score (nSPS) is 10.0. The highest BCUT2D eigenvalue weighted by molar-refractivity contribution is 6.25. The van der Waals surface area contributed by atoms with Crippen LogP contribution in [0, 0.1) is 0 Å². The van der Waals surface area contributed by atoms with Gasteiger partial charge < -0.3 is 0 Å². The van der Waals surface area contributed by atoms with E-state index in [0.29, 0.717) is 11.6 Å². The van der Waals surface area contributed by atoms with Crippen LogP contribution in [0.1, 0.15) is 0 Å². The van der Waals surface area contributed by atoms with E-state index in [1.807, 2.05) is 0 Å². The maximum absolute atomic E-state index is 11.5. The van der Waals surface area contributed by atoms with Crippen LogP contribution in [0.5, 0.6) is 0 Å². The highest BCUT2D eigenvalue weighted by Crippen LogP contribution is 2.09. The van der Waals surface area contributed by atoms with Crippen molar-refractivity contribution >= 4 is 11.6 Å². The van der Waals surface area contributed by atoms with Crippen LogP contribution in [0.25, 0.3) is 0 Å². The van der Waals surface area contributed by atoms with Crippen molar-refractivity contribution < 1.29 is 13.2 Å². The van der Waals surface area contributed by atoms with Crippen molar-refractivity contribution in [1.29, 1.82) is 0 Å². The minimum atomic E-state index is -2.36. The van der Waals surface area contributed by atoms with Crippen molar-refractivity contribution in [3.8, 4) is 0 Å². The first-order valence-corrected chi connectivity index (χ1v) is 2.09. The third kappa shape index (κ3) is 2.69. The summed E-state index contributed by atoms with van der Waals surface area (Å²) < 4.78 is 33.5. The van der Waals surface area contributed by atoms with Gasteiger partial charge in [0.2, 0.25) is 0 Å². The van der Waals surface area contributed by atoms with Crippen molar-refractivity contribution in [2.75, 3.05) is 0 Å². The molecule has 0 bridgehead atoms. The van der Waals surface area contributed by atoms with Crippen LogP contribution < -0.4 is 0 Å². The molecule has 0 aromatic rings. The molecule has 0 saturated heterocycles. The summed E-state index contributed by atoms with van der Waals surface area (Å²) in [5, 5.41) is 0. The standard InChI is InChI=1S/C4H2ClF3/c5-2-1-3(6)4(7)8/h1-2H. The maximum atomic E-state index is 11.5. The third-order valence-electron chi connectivity index (χ3n) is 0.390. The van der Waals surface area contributed by atoms with Gasteiger partial charge in [0.15, 0.2) is 5.83 Å². The fraction of sp³-hybridized carbons (Fsp3) is 0. The maximum Gasteiger partial charge on any atom is 0.305 e. The minimum absolute atomic E-state index is 0.469. The van der Waals surface area contributed by atoms with E-state index < -0.39 is 11.9 Å². The summed E-state index contributed by atoms with van der Waals surface area (Å²) in [7, 11) is 0. The monoisotopic (exact) mass is 142 g/mol. The number of rotatable bonds is 1. The Balaban J connectivity index is 4.00. The van der Waals surface area contributed by atoms with Crippen molar-refractivity contribution in [3.63, 3.8) is 0 Å². The fourth-order valence-corrected chi connectivity index (χ4v) is 0.229. The zero-order chi connectivity index (χ0) is 6.57. The lowest BCUT2D eigenvalue weighted by Gasteiger charge is -1.78. The van der Waals surface area contributed by atoms with Crippen molar-refractivity contribution in [1.82, 2.24) is 0 Å². The first-order chi connectivity index (χ1) is 3.68. The summed E-state index contributed by atoms with van der Waals surface area (Å²) >= 11 is 4.75. The summed E-state index contributed by atoms with van der Waals surface area (Å²) in [5.41, 5.74) is 0.675. The highest BCUT2D eigenvalue weighted by Gasteiger charge is 1.96. The molecular weight excluding hydrogens is 140 g/mol. The van der Waals surface area contributed by atoms with Crippen molar-refractivity contribution in [3.05, 3.63) is 23.5 Å². The van der Waals surface area contributed by atoms with E-state index in [4.69, 9.17) is 11.6 Å². The second-order valence-corrected chi connectivity index (χ2v) is 1.15. The number of hydrogen-bond acceptors (Lipinski definition) is 0. The van der Waals surface area contributed by atoms with Crippen LogP contribution in [0.4, 0.5) is 13.2 Å². The van der Waals surface area contributed by atoms with Crippen LogP contribution in [-0.2, 0) is 0 Å². The first-order valence-electron chi connectivity index (χ1n) is 1.66. The lowest BCUT2D eigenvalue weighted by molar-refractivity contribution is 0.387. The molecule has 0 aromatic heterocycles. The Hall–Kier alpha value is -0.440. The van der Waals surface area contributed by atoms with Crippen LogP contribution in [0.2, 0.25) is 0 Å².